The van der Waals surface area contributed by atoms with E-state index >= 15 is 0 Å². The number of piperidine rings is 1. The Balaban J connectivity index is 1.60. The molecule has 6 nitrogen and oxygen atoms in total. The van der Waals surface area contributed by atoms with Crippen LogP contribution in [0, 0.1) is 5.82 Å². The van der Waals surface area contributed by atoms with E-state index in [1.54, 1.807) is 12.1 Å². The lowest BCUT2D eigenvalue weighted by Gasteiger charge is -2.36. The Morgan fingerprint density at radius 1 is 1.04 bits per heavy atom. The molecular weight excluding hydrogens is 359 g/mol. The summed E-state index contributed by atoms with van der Waals surface area (Å²) in [5, 5.41) is 2.53. The fourth-order valence-corrected chi connectivity index (χ4v) is 3.88. The van der Waals surface area contributed by atoms with Gasteiger partial charge in [0.1, 0.15) is 5.82 Å². The van der Waals surface area contributed by atoms with Crippen molar-refractivity contribution < 1.29 is 14.0 Å². The molecule has 0 unspecified atom stereocenters. The first-order valence-corrected chi connectivity index (χ1v) is 10.3. The summed E-state index contributed by atoms with van der Waals surface area (Å²) in [6, 6.07) is 4.65. The first kappa shape index (κ1) is 20.6. The first-order chi connectivity index (χ1) is 13.4. The zero-order valence-electron chi connectivity index (χ0n) is 16.7. The van der Waals surface area contributed by atoms with Gasteiger partial charge in [-0.2, -0.15) is 0 Å². The molecular formula is C21H31FN4O2. The largest absolute Gasteiger partial charge is 0.369 e. The van der Waals surface area contributed by atoms with Crippen LogP contribution in [0.25, 0.3) is 0 Å². The Bertz CT molecular complexity index is 704. The maximum atomic E-state index is 14.7. The van der Waals surface area contributed by atoms with Crippen LogP contribution in [-0.4, -0.2) is 48.4 Å². The van der Waals surface area contributed by atoms with Crippen molar-refractivity contribution in [3.8, 4) is 0 Å². The summed E-state index contributed by atoms with van der Waals surface area (Å²) in [6.07, 6.45) is 7.03. The molecule has 2 heterocycles. The van der Waals surface area contributed by atoms with E-state index in [1.165, 1.54) is 30.2 Å². The van der Waals surface area contributed by atoms with Gasteiger partial charge in [0.05, 0.1) is 5.69 Å². The Labute approximate surface area is 166 Å². The summed E-state index contributed by atoms with van der Waals surface area (Å²) in [5.74, 6) is -1.70. The van der Waals surface area contributed by atoms with Crippen molar-refractivity contribution in [3.05, 3.63) is 24.0 Å². The molecule has 0 radical (unpaired) electrons. The number of carbonyl (C=O) groups is 2. The molecule has 0 saturated carbocycles. The lowest BCUT2D eigenvalue weighted by molar-refractivity contribution is -0.144. The minimum absolute atomic E-state index is 0.293. The van der Waals surface area contributed by atoms with E-state index in [2.05, 4.69) is 10.2 Å². The van der Waals surface area contributed by atoms with Gasteiger partial charge in [0.2, 0.25) is 0 Å². The topological polar surface area (TPSA) is 78.7 Å². The smallest absolute Gasteiger partial charge is 0.313 e. The molecule has 3 N–H and O–H groups in total. The third kappa shape index (κ3) is 5.22. The van der Waals surface area contributed by atoms with E-state index in [9.17, 15) is 14.0 Å². The summed E-state index contributed by atoms with van der Waals surface area (Å²) in [4.78, 5) is 28.2. The van der Waals surface area contributed by atoms with Crippen LogP contribution in [0.5, 0.6) is 0 Å². The van der Waals surface area contributed by atoms with Crippen molar-refractivity contribution in [1.82, 2.24) is 4.90 Å². The van der Waals surface area contributed by atoms with Gasteiger partial charge in [-0.3, -0.25) is 9.59 Å². The second-order valence-corrected chi connectivity index (χ2v) is 8.32. The lowest BCUT2D eigenvalue weighted by Crippen LogP contribution is -2.52. The van der Waals surface area contributed by atoms with Gasteiger partial charge in [0.15, 0.2) is 0 Å². The number of halogens is 1. The SMILES string of the molecule is CC1(N)CCN(C(=O)C(=O)Nc2ccc(N3CCCCCCC3)c(F)c2)CC1. The van der Waals surface area contributed by atoms with Gasteiger partial charge < -0.3 is 20.9 Å². The summed E-state index contributed by atoms with van der Waals surface area (Å²) in [6.45, 7) is 4.56. The zero-order chi connectivity index (χ0) is 20.1. The molecule has 0 bridgehead atoms. The van der Waals surface area contributed by atoms with Gasteiger partial charge in [-0.25, -0.2) is 4.39 Å². The van der Waals surface area contributed by atoms with E-state index in [1.807, 2.05) is 6.92 Å². The second-order valence-electron chi connectivity index (χ2n) is 8.32. The van der Waals surface area contributed by atoms with Crippen molar-refractivity contribution >= 4 is 23.2 Å². The highest BCUT2D eigenvalue weighted by atomic mass is 19.1. The standard InChI is InChI=1S/C21H31FN4O2/c1-21(23)9-13-26(14-10-21)20(28)19(27)24-16-7-8-18(17(22)15-16)25-11-5-3-2-4-6-12-25/h7-8,15H,2-6,9-14,23H2,1H3,(H,24,27). The summed E-state index contributed by atoms with van der Waals surface area (Å²) < 4.78 is 14.7. The number of nitrogens with zero attached hydrogens (tertiary/aromatic N) is 2. The zero-order valence-corrected chi connectivity index (χ0v) is 16.7. The number of amides is 2. The highest BCUT2D eigenvalue weighted by Crippen LogP contribution is 2.25. The van der Waals surface area contributed by atoms with Gasteiger partial charge in [-0.05, 0) is 50.8 Å². The molecule has 2 saturated heterocycles. The minimum atomic E-state index is -0.737. The highest BCUT2D eigenvalue weighted by Gasteiger charge is 2.31. The molecule has 2 aliphatic rings. The molecule has 1 aromatic rings. The molecule has 28 heavy (non-hydrogen) atoms. The van der Waals surface area contributed by atoms with Crippen LogP contribution in [0.15, 0.2) is 18.2 Å². The molecule has 0 atom stereocenters. The molecule has 7 heteroatoms. The van der Waals surface area contributed by atoms with E-state index in [0.717, 1.165) is 25.9 Å². The molecule has 3 rings (SSSR count). The van der Waals surface area contributed by atoms with Gasteiger partial charge in [0, 0.05) is 37.4 Å². The van der Waals surface area contributed by atoms with Crippen LogP contribution in [0.2, 0.25) is 0 Å². The molecule has 1 aromatic carbocycles. The van der Waals surface area contributed by atoms with E-state index in [-0.39, 0.29) is 11.4 Å². The number of hydrogen-bond donors (Lipinski definition) is 2. The van der Waals surface area contributed by atoms with E-state index in [0.29, 0.717) is 37.3 Å². The van der Waals surface area contributed by atoms with Crippen molar-refractivity contribution in [2.24, 2.45) is 5.73 Å². The van der Waals surface area contributed by atoms with Crippen LogP contribution in [0.1, 0.15) is 51.9 Å². The number of rotatable bonds is 2. The number of benzene rings is 1. The second kappa shape index (κ2) is 8.90. The van der Waals surface area contributed by atoms with Crippen LogP contribution in [0.4, 0.5) is 15.8 Å². The van der Waals surface area contributed by atoms with Crippen LogP contribution >= 0.6 is 0 Å². The number of nitrogens with one attached hydrogen (secondary N) is 1. The van der Waals surface area contributed by atoms with Gasteiger partial charge in [0.25, 0.3) is 0 Å². The average Bonchev–Trinajstić information content (AvgIpc) is 2.62. The Morgan fingerprint density at radius 2 is 1.64 bits per heavy atom. The quantitative estimate of drug-likeness (QED) is 0.761. The predicted molar refractivity (Wildman–Crippen MR) is 109 cm³/mol. The number of anilines is 2. The first-order valence-electron chi connectivity index (χ1n) is 10.3. The van der Waals surface area contributed by atoms with Crippen molar-refractivity contribution in [1.29, 1.82) is 0 Å². The van der Waals surface area contributed by atoms with Crippen LogP contribution in [-0.2, 0) is 9.59 Å². The van der Waals surface area contributed by atoms with Gasteiger partial charge >= 0.3 is 11.8 Å². The number of carbonyl (C=O) groups excluding carboxylic acids is 2. The summed E-state index contributed by atoms with van der Waals surface area (Å²) >= 11 is 0. The maximum Gasteiger partial charge on any atom is 0.313 e. The molecule has 0 spiro atoms. The number of nitrogens with two attached hydrogens (primary N) is 1. The Morgan fingerprint density at radius 3 is 2.25 bits per heavy atom. The number of likely N-dealkylation sites (tertiary alicyclic amines) is 1. The summed E-state index contributed by atoms with van der Waals surface area (Å²) in [7, 11) is 0. The van der Waals surface area contributed by atoms with Gasteiger partial charge in [-0.1, -0.05) is 19.3 Å². The number of hydrogen-bond acceptors (Lipinski definition) is 4. The Hall–Kier alpha value is -2.15. The fourth-order valence-electron chi connectivity index (χ4n) is 3.88. The monoisotopic (exact) mass is 390 g/mol. The highest BCUT2D eigenvalue weighted by molar-refractivity contribution is 6.39. The van der Waals surface area contributed by atoms with Gasteiger partial charge in [-0.15, -0.1) is 0 Å². The third-order valence-corrected chi connectivity index (χ3v) is 5.79. The third-order valence-electron chi connectivity index (χ3n) is 5.79. The lowest BCUT2D eigenvalue weighted by atomic mass is 9.91. The van der Waals surface area contributed by atoms with Crippen molar-refractivity contribution in [3.63, 3.8) is 0 Å². The van der Waals surface area contributed by atoms with Crippen LogP contribution in [0.3, 0.4) is 0 Å². The molecule has 2 aliphatic heterocycles. The molecule has 2 amide bonds. The fraction of sp³-hybridized carbons (Fsp3) is 0.619. The molecule has 2 fully saturated rings. The average molecular weight is 391 g/mol. The minimum Gasteiger partial charge on any atom is -0.369 e. The Kier molecular flexibility index (Phi) is 6.54. The predicted octanol–water partition coefficient (Wildman–Crippen LogP) is 2.87. The van der Waals surface area contributed by atoms with E-state index < -0.39 is 11.8 Å². The van der Waals surface area contributed by atoms with Crippen LogP contribution < -0.4 is 16.0 Å². The molecule has 0 aromatic heterocycles. The normalized spacial score (nSPS) is 20.2. The molecule has 154 valence electrons. The van der Waals surface area contributed by atoms with Crippen molar-refractivity contribution in [2.45, 2.75) is 57.4 Å². The maximum absolute atomic E-state index is 14.7. The van der Waals surface area contributed by atoms with Crippen molar-refractivity contribution in [2.75, 3.05) is 36.4 Å². The molecule has 0 aliphatic carbocycles. The summed E-state index contributed by atoms with van der Waals surface area (Å²) in [5.41, 5.74) is 6.63. The van der Waals surface area contributed by atoms with E-state index in [4.69, 9.17) is 5.73 Å².